The first-order chi connectivity index (χ1) is 9.86. The van der Waals surface area contributed by atoms with E-state index in [1.54, 1.807) is 11.3 Å². The van der Waals surface area contributed by atoms with Crippen LogP contribution in [0.1, 0.15) is 31.6 Å². The summed E-state index contributed by atoms with van der Waals surface area (Å²) in [7, 11) is 0. The molecule has 0 aliphatic carbocycles. The van der Waals surface area contributed by atoms with Crippen LogP contribution in [0.4, 0.5) is 0 Å². The quantitative estimate of drug-likeness (QED) is 0.918. The smallest absolute Gasteiger partial charge is 0.241 e. The Hall–Kier alpha value is -1.24. The Morgan fingerprint density at radius 1 is 1.45 bits per heavy atom. The van der Waals surface area contributed by atoms with Crippen LogP contribution in [-0.2, 0) is 6.54 Å². The Balaban J connectivity index is 1.67. The zero-order chi connectivity index (χ0) is 13.8. The second kappa shape index (κ2) is 6.47. The van der Waals surface area contributed by atoms with Crippen molar-refractivity contribution in [1.29, 1.82) is 0 Å². The molecule has 2 aromatic rings. The van der Waals surface area contributed by atoms with Gasteiger partial charge < -0.3 is 9.63 Å². The molecule has 1 saturated heterocycles. The Labute approximate surface area is 122 Å². The third-order valence-corrected chi connectivity index (χ3v) is 4.63. The summed E-state index contributed by atoms with van der Waals surface area (Å²) in [4.78, 5) is 7.86. The molecule has 0 saturated carbocycles. The topological polar surface area (TPSA) is 62.4 Å². The lowest BCUT2D eigenvalue weighted by Gasteiger charge is -2.34. The highest BCUT2D eigenvalue weighted by atomic mass is 32.1. The molecule has 5 nitrogen and oxygen atoms in total. The van der Waals surface area contributed by atoms with Gasteiger partial charge in [0.25, 0.3) is 0 Å². The molecule has 108 valence electrons. The van der Waals surface area contributed by atoms with E-state index in [9.17, 15) is 0 Å². The van der Waals surface area contributed by atoms with Gasteiger partial charge >= 0.3 is 0 Å². The van der Waals surface area contributed by atoms with Gasteiger partial charge in [0.15, 0.2) is 0 Å². The van der Waals surface area contributed by atoms with Crippen LogP contribution < -0.4 is 0 Å². The van der Waals surface area contributed by atoms with Gasteiger partial charge in [-0.15, -0.1) is 11.3 Å². The molecule has 3 heterocycles. The predicted molar refractivity (Wildman–Crippen MR) is 77.4 cm³/mol. The number of nitrogens with zero attached hydrogens (tertiary/aromatic N) is 3. The van der Waals surface area contributed by atoms with Gasteiger partial charge in [0, 0.05) is 12.6 Å². The van der Waals surface area contributed by atoms with E-state index in [1.807, 2.05) is 17.5 Å². The van der Waals surface area contributed by atoms with Crippen LogP contribution >= 0.6 is 11.3 Å². The minimum Gasteiger partial charge on any atom is -0.396 e. The Bertz CT molecular complexity index is 524. The molecular formula is C14H19N3O2S. The largest absolute Gasteiger partial charge is 0.396 e. The summed E-state index contributed by atoms with van der Waals surface area (Å²) in [6, 6.07) is 4.41. The molecule has 1 atom stereocenters. The molecule has 20 heavy (non-hydrogen) atoms. The molecule has 1 fully saturated rings. The second-order valence-electron chi connectivity index (χ2n) is 5.12. The van der Waals surface area contributed by atoms with Crippen molar-refractivity contribution < 1.29 is 9.63 Å². The summed E-state index contributed by atoms with van der Waals surface area (Å²) in [5, 5.41) is 15.2. The van der Waals surface area contributed by atoms with Crippen molar-refractivity contribution >= 4 is 11.3 Å². The molecule has 1 aliphatic rings. The zero-order valence-corrected chi connectivity index (χ0v) is 12.2. The van der Waals surface area contributed by atoms with E-state index in [0.717, 1.165) is 24.3 Å². The summed E-state index contributed by atoms with van der Waals surface area (Å²) < 4.78 is 5.36. The first kappa shape index (κ1) is 13.7. The zero-order valence-electron chi connectivity index (χ0n) is 11.4. The standard InChI is InChI=1S/C14H19N3O2S/c18-8-6-11-4-1-2-7-17(11)10-13-15-14(16-19-13)12-5-3-9-20-12/h3,5,9,11,18H,1-2,4,6-8,10H2. The number of thiophene rings is 1. The summed E-state index contributed by atoms with van der Waals surface area (Å²) >= 11 is 1.61. The molecule has 2 aromatic heterocycles. The molecule has 0 amide bonds. The predicted octanol–water partition coefficient (Wildman–Crippen LogP) is 2.54. The number of hydrogen-bond donors (Lipinski definition) is 1. The third kappa shape index (κ3) is 3.08. The van der Waals surface area contributed by atoms with Crippen LogP contribution in [0.15, 0.2) is 22.0 Å². The molecule has 0 aromatic carbocycles. The highest BCUT2D eigenvalue weighted by molar-refractivity contribution is 7.13. The Morgan fingerprint density at radius 3 is 3.20 bits per heavy atom. The molecule has 0 spiro atoms. The highest BCUT2D eigenvalue weighted by Crippen LogP contribution is 2.24. The monoisotopic (exact) mass is 293 g/mol. The number of piperidine rings is 1. The van der Waals surface area contributed by atoms with Gasteiger partial charge in [0.2, 0.25) is 11.7 Å². The van der Waals surface area contributed by atoms with Crippen molar-refractivity contribution in [2.45, 2.75) is 38.3 Å². The minimum absolute atomic E-state index is 0.242. The fourth-order valence-corrected chi connectivity index (χ4v) is 3.39. The fraction of sp³-hybridized carbons (Fsp3) is 0.571. The van der Waals surface area contributed by atoms with Crippen LogP contribution in [0, 0.1) is 0 Å². The highest BCUT2D eigenvalue weighted by Gasteiger charge is 2.24. The van der Waals surface area contributed by atoms with Gasteiger partial charge in [-0.2, -0.15) is 4.98 Å². The first-order valence-corrected chi connectivity index (χ1v) is 7.96. The van der Waals surface area contributed by atoms with Crippen molar-refractivity contribution in [2.75, 3.05) is 13.2 Å². The molecular weight excluding hydrogens is 274 g/mol. The summed E-state index contributed by atoms with van der Waals surface area (Å²) in [6.07, 6.45) is 4.41. The maximum Gasteiger partial charge on any atom is 0.241 e. The molecule has 0 bridgehead atoms. The lowest BCUT2D eigenvalue weighted by molar-refractivity contribution is 0.100. The number of likely N-dealkylation sites (tertiary alicyclic amines) is 1. The summed E-state index contributed by atoms with van der Waals surface area (Å²) in [5.74, 6) is 1.34. The van der Waals surface area contributed by atoms with Gasteiger partial charge in [-0.1, -0.05) is 17.6 Å². The van der Waals surface area contributed by atoms with E-state index in [1.165, 1.54) is 12.8 Å². The van der Waals surface area contributed by atoms with E-state index in [0.29, 0.717) is 24.3 Å². The van der Waals surface area contributed by atoms with E-state index in [2.05, 4.69) is 15.0 Å². The number of aliphatic hydroxyl groups excluding tert-OH is 1. The van der Waals surface area contributed by atoms with Crippen LogP contribution in [0.25, 0.3) is 10.7 Å². The first-order valence-electron chi connectivity index (χ1n) is 7.08. The molecule has 1 unspecified atom stereocenters. The van der Waals surface area contributed by atoms with Crippen LogP contribution in [0.5, 0.6) is 0 Å². The maximum atomic E-state index is 9.15. The van der Waals surface area contributed by atoms with E-state index in [4.69, 9.17) is 9.63 Å². The lowest BCUT2D eigenvalue weighted by Crippen LogP contribution is -2.39. The van der Waals surface area contributed by atoms with E-state index < -0.39 is 0 Å². The van der Waals surface area contributed by atoms with Gasteiger partial charge in [0.05, 0.1) is 11.4 Å². The number of aromatic nitrogens is 2. The van der Waals surface area contributed by atoms with Crippen molar-refractivity contribution in [2.24, 2.45) is 0 Å². The van der Waals surface area contributed by atoms with Crippen molar-refractivity contribution in [3.05, 3.63) is 23.4 Å². The van der Waals surface area contributed by atoms with Crippen molar-refractivity contribution in [3.63, 3.8) is 0 Å². The van der Waals surface area contributed by atoms with Crippen LogP contribution in [0.3, 0.4) is 0 Å². The Kier molecular flexibility index (Phi) is 4.44. The number of hydrogen-bond acceptors (Lipinski definition) is 6. The molecule has 1 aliphatic heterocycles. The normalized spacial score (nSPS) is 20.4. The molecule has 0 radical (unpaired) electrons. The van der Waals surface area contributed by atoms with E-state index >= 15 is 0 Å². The van der Waals surface area contributed by atoms with Gasteiger partial charge in [0.1, 0.15) is 0 Å². The summed E-state index contributed by atoms with van der Waals surface area (Å²) in [6.45, 7) is 1.97. The van der Waals surface area contributed by atoms with Crippen molar-refractivity contribution in [3.8, 4) is 10.7 Å². The second-order valence-corrected chi connectivity index (χ2v) is 6.07. The molecule has 6 heteroatoms. The van der Waals surface area contributed by atoms with E-state index in [-0.39, 0.29) is 6.61 Å². The lowest BCUT2D eigenvalue weighted by atomic mass is 10.00. The van der Waals surface area contributed by atoms with Gasteiger partial charge in [-0.05, 0) is 37.3 Å². The van der Waals surface area contributed by atoms with Gasteiger partial charge in [-0.25, -0.2) is 0 Å². The number of aliphatic hydroxyl groups is 1. The minimum atomic E-state index is 0.242. The van der Waals surface area contributed by atoms with Crippen LogP contribution in [-0.4, -0.2) is 39.3 Å². The third-order valence-electron chi connectivity index (χ3n) is 3.76. The van der Waals surface area contributed by atoms with Gasteiger partial charge in [-0.3, -0.25) is 4.90 Å². The molecule has 1 N–H and O–H groups in total. The Morgan fingerprint density at radius 2 is 2.40 bits per heavy atom. The van der Waals surface area contributed by atoms with Crippen molar-refractivity contribution in [1.82, 2.24) is 15.0 Å². The van der Waals surface area contributed by atoms with Crippen LogP contribution in [0.2, 0.25) is 0 Å². The maximum absolute atomic E-state index is 9.15. The SMILES string of the molecule is OCCC1CCCCN1Cc1nc(-c2cccs2)no1. The molecule has 3 rings (SSSR count). The average molecular weight is 293 g/mol. The fourth-order valence-electron chi connectivity index (χ4n) is 2.74. The summed E-state index contributed by atoms with van der Waals surface area (Å²) in [5.41, 5.74) is 0. The average Bonchev–Trinajstić information content (AvgIpc) is 3.12. The number of rotatable bonds is 5.